The van der Waals surface area contributed by atoms with Gasteiger partial charge in [0, 0.05) is 12.2 Å². The van der Waals surface area contributed by atoms with E-state index in [9.17, 15) is 4.79 Å². The predicted octanol–water partition coefficient (Wildman–Crippen LogP) is 1.23. The lowest BCUT2D eigenvalue weighted by atomic mass is 10.2. The lowest BCUT2D eigenvalue weighted by Crippen LogP contribution is -2.19. The molecule has 1 aromatic heterocycles. The van der Waals surface area contributed by atoms with Crippen molar-refractivity contribution in [3.63, 3.8) is 0 Å². The number of carbonyl (C=O) groups is 1. The van der Waals surface area contributed by atoms with Crippen molar-refractivity contribution in [2.24, 2.45) is 0 Å². The minimum absolute atomic E-state index is 0.000235. The lowest BCUT2D eigenvalue weighted by Gasteiger charge is -2.13. The number of pyridine rings is 1. The molecule has 0 radical (unpaired) electrons. The molecule has 0 spiro atoms. The van der Waals surface area contributed by atoms with E-state index in [2.05, 4.69) is 10.3 Å². The molecule has 0 fully saturated rings. The van der Waals surface area contributed by atoms with Crippen molar-refractivity contribution >= 4 is 11.7 Å². The van der Waals surface area contributed by atoms with Crippen molar-refractivity contribution in [3.05, 3.63) is 24.0 Å². The van der Waals surface area contributed by atoms with E-state index in [0.29, 0.717) is 11.3 Å². The van der Waals surface area contributed by atoms with Crippen molar-refractivity contribution in [2.75, 3.05) is 5.32 Å². The zero-order chi connectivity index (χ0) is 11.3. The summed E-state index contributed by atoms with van der Waals surface area (Å²) in [5, 5.41) is 20.3. The molecule has 1 unspecified atom stereocenters. The molecule has 0 amide bonds. The number of aromatic nitrogens is 1. The summed E-state index contributed by atoms with van der Waals surface area (Å²) in [5.41, 5.74) is 1.02. The number of nitrogens with one attached hydrogen (secondary N) is 1. The summed E-state index contributed by atoms with van der Waals surface area (Å²) < 4.78 is 0. The van der Waals surface area contributed by atoms with E-state index >= 15 is 0 Å². The molecule has 0 aliphatic heterocycles. The van der Waals surface area contributed by atoms with Gasteiger partial charge < -0.3 is 10.4 Å². The summed E-state index contributed by atoms with van der Waals surface area (Å²) >= 11 is 0. The topological polar surface area (TPSA) is 86.0 Å². The van der Waals surface area contributed by atoms with E-state index in [1.54, 1.807) is 13.0 Å². The number of hydrogen-bond acceptors (Lipinski definition) is 4. The summed E-state index contributed by atoms with van der Waals surface area (Å²) in [6.07, 6.45) is 3.03. The molecular formula is C10H11N3O2. The van der Waals surface area contributed by atoms with Gasteiger partial charge in [-0.25, -0.2) is 0 Å². The molecule has 0 aliphatic carbocycles. The number of carboxylic acid groups (broad SMARTS) is 1. The van der Waals surface area contributed by atoms with Crippen LogP contribution in [-0.4, -0.2) is 22.1 Å². The highest BCUT2D eigenvalue weighted by atomic mass is 16.4. The Morgan fingerprint density at radius 2 is 2.53 bits per heavy atom. The van der Waals surface area contributed by atoms with Crippen LogP contribution in [0.3, 0.4) is 0 Å². The molecule has 1 atom stereocenters. The van der Waals surface area contributed by atoms with Crippen LogP contribution in [0.4, 0.5) is 5.69 Å². The smallest absolute Gasteiger partial charge is 0.305 e. The van der Waals surface area contributed by atoms with E-state index in [-0.39, 0.29) is 12.5 Å². The van der Waals surface area contributed by atoms with Crippen LogP contribution in [-0.2, 0) is 4.79 Å². The fourth-order valence-electron chi connectivity index (χ4n) is 1.19. The quantitative estimate of drug-likeness (QED) is 0.772. The molecule has 1 aromatic rings. The fourth-order valence-corrected chi connectivity index (χ4v) is 1.19. The van der Waals surface area contributed by atoms with Gasteiger partial charge in [-0.3, -0.25) is 9.78 Å². The van der Waals surface area contributed by atoms with Crippen LogP contribution in [0.15, 0.2) is 18.5 Å². The Morgan fingerprint density at radius 3 is 3.13 bits per heavy atom. The Balaban J connectivity index is 2.72. The lowest BCUT2D eigenvalue weighted by molar-refractivity contribution is -0.137. The van der Waals surface area contributed by atoms with Gasteiger partial charge in [-0.1, -0.05) is 0 Å². The third-order valence-electron chi connectivity index (χ3n) is 1.82. The third kappa shape index (κ3) is 3.27. The molecule has 0 saturated heterocycles. The Kier molecular flexibility index (Phi) is 3.63. The molecule has 0 aromatic carbocycles. The number of carboxylic acids is 1. The molecule has 2 N–H and O–H groups in total. The van der Waals surface area contributed by atoms with E-state index in [4.69, 9.17) is 10.4 Å². The molecule has 5 heteroatoms. The second kappa shape index (κ2) is 4.96. The summed E-state index contributed by atoms with van der Waals surface area (Å²) in [4.78, 5) is 14.3. The van der Waals surface area contributed by atoms with E-state index in [0.717, 1.165) is 0 Å². The van der Waals surface area contributed by atoms with Crippen molar-refractivity contribution in [1.29, 1.82) is 5.26 Å². The first-order valence-electron chi connectivity index (χ1n) is 4.46. The third-order valence-corrected chi connectivity index (χ3v) is 1.82. The molecule has 1 heterocycles. The van der Waals surface area contributed by atoms with Gasteiger partial charge in [-0.15, -0.1) is 0 Å². The highest BCUT2D eigenvalue weighted by Crippen LogP contribution is 2.13. The van der Waals surface area contributed by atoms with E-state index in [1.807, 2.05) is 6.07 Å². The minimum atomic E-state index is -0.877. The Labute approximate surface area is 87.4 Å². The van der Waals surface area contributed by atoms with Crippen LogP contribution in [0.1, 0.15) is 18.9 Å². The summed E-state index contributed by atoms with van der Waals surface area (Å²) in [6.45, 7) is 1.74. The SMILES string of the molecule is CC(CC(=O)O)Nc1cnccc1C#N. The average molecular weight is 205 g/mol. The highest BCUT2D eigenvalue weighted by Gasteiger charge is 2.09. The zero-order valence-electron chi connectivity index (χ0n) is 8.27. The molecule has 15 heavy (non-hydrogen) atoms. The zero-order valence-corrected chi connectivity index (χ0v) is 8.27. The van der Waals surface area contributed by atoms with Crippen LogP contribution in [0.5, 0.6) is 0 Å². The van der Waals surface area contributed by atoms with Gasteiger partial charge in [0.05, 0.1) is 23.9 Å². The second-order valence-electron chi connectivity index (χ2n) is 3.18. The first-order chi connectivity index (χ1) is 7.13. The average Bonchev–Trinajstić information content (AvgIpc) is 2.17. The Bertz CT molecular complexity index is 398. The molecule has 0 aliphatic rings. The highest BCUT2D eigenvalue weighted by molar-refractivity contribution is 5.68. The maximum Gasteiger partial charge on any atom is 0.305 e. The molecule has 5 nitrogen and oxygen atoms in total. The minimum Gasteiger partial charge on any atom is -0.481 e. The predicted molar refractivity (Wildman–Crippen MR) is 54.3 cm³/mol. The van der Waals surface area contributed by atoms with Crippen molar-refractivity contribution in [1.82, 2.24) is 4.98 Å². The second-order valence-corrected chi connectivity index (χ2v) is 3.18. The molecular weight excluding hydrogens is 194 g/mol. The monoisotopic (exact) mass is 205 g/mol. The van der Waals surface area contributed by atoms with Crippen molar-refractivity contribution in [2.45, 2.75) is 19.4 Å². The molecule has 1 rings (SSSR count). The number of nitrogens with zero attached hydrogens (tertiary/aromatic N) is 2. The Morgan fingerprint density at radius 1 is 1.80 bits per heavy atom. The van der Waals surface area contributed by atoms with Gasteiger partial charge in [-0.05, 0) is 13.0 Å². The maximum atomic E-state index is 10.4. The number of hydrogen-bond donors (Lipinski definition) is 2. The molecule has 78 valence electrons. The Hall–Kier alpha value is -2.09. The summed E-state index contributed by atoms with van der Waals surface area (Å²) in [6, 6.07) is 3.35. The van der Waals surface area contributed by atoms with Crippen LogP contribution >= 0.6 is 0 Å². The van der Waals surface area contributed by atoms with Crippen LogP contribution < -0.4 is 5.32 Å². The number of aliphatic carboxylic acids is 1. The molecule has 0 bridgehead atoms. The largest absolute Gasteiger partial charge is 0.481 e. The van der Waals surface area contributed by atoms with Gasteiger partial charge in [0.15, 0.2) is 0 Å². The van der Waals surface area contributed by atoms with Gasteiger partial charge in [0.1, 0.15) is 6.07 Å². The van der Waals surface area contributed by atoms with Gasteiger partial charge in [0.25, 0.3) is 0 Å². The summed E-state index contributed by atoms with van der Waals surface area (Å²) in [5.74, 6) is -0.877. The number of nitriles is 1. The van der Waals surface area contributed by atoms with Crippen LogP contribution in [0, 0.1) is 11.3 Å². The van der Waals surface area contributed by atoms with Crippen LogP contribution in [0.25, 0.3) is 0 Å². The first kappa shape index (κ1) is 11.0. The van der Waals surface area contributed by atoms with Crippen LogP contribution in [0.2, 0.25) is 0 Å². The van der Waals surface area contributed by atoms with E-state index < -0.39 is 5.97 Å². The first-order valence-corrected chi connectivity index (χ1v) is 4.46. The van der Waals surface area contributed by atoms with Crippen molar-refractivity contribution in [3.8, 4) is 6.07 Å². The number of rotatable bonds is 4. The van der Waals surface area contributed by atoms with Crippen molar-refractivity contribution < 1.29 is 9.90 Å². The van der Waals surface area contributed by atoms with Gasteiger partial charge in [-0.2, -0.15) is 5.26 Å². The molecule has 0 saturated carbocycles. The van der Waals surface area contributed by atoms with Gasteiger partial charge in [0.2, 0.25) is 0 Å². The maximum absolute atomic E-state index is 10.4. The number of anilines is 1. The summed E-state index contributed by atoms with van der Waals surface area (Å²) in [7, 11) is 0. The standard InChI is InChI=1S/C10H11N3O2/c1-7(4-10(14)15)13-9-6-12-3-2-8(9)5-11/h2-3,6-7,13H,4H2,1H3,(H,14,15). The normalized spacial score (nSPS) is 11.5. The van der Waals surface area contributed by atoms with Gasteiger partial charge >= 0.3 is 5.97 Å². The fraction of sp³-hybridized carbons (Fsp3) is 0.300. The van der Waals surface area contributed by atoms with E-state index in [1.165, 1.54) is 12.4 Å².